The third kappa shape index (κ3) is 1.62. The van der Waals surface area contributed by atoms with Crippen LogP contribution in [0, 0.1) is 23.2 Å². The van der Waals surface area contributed by atoms with E-state index in [-0.39, 0.29) is 23.3 Å². The molecule has 0 radical (unpaired) electrons. The Hall–Kier alpha value is -0.610. The van der Waals surface area contributed by atoms with Gasteiger partial charge in [0, 0.05) is 31.5 Å². The summed E-state index contributed by atoms with van der Waals surface area (Å²) >= 11 is 0. The smallest absolute Gasteiger partial charge is 0.243 e. The van der Waals surface area contributed by atoms with Gasteiger partial charge in [0.2, 0.25) is 5.91 Å². The maximum Gasteiger partial charge on any atom is 0.243 e. The topological polar surface area (TPSA) is 55.6 Å². The first kappa shape index (κ1) is 13.4. The molecule has 2 N–H and O–H groups in total. The lowest BCUT2D eigenvalue weighted by Crippen LogP contribution is -2.80. The fraction of sp³-hybridized carbons (Fsp3) is 0.933. The number of amides is 1. The Kier molecular flexibility index (Phi) is 2.78. The molecule has 2 saturated carbocycles. The van der Waals surface area contributed by atoms with Crippen LogP contribution in [-0.4, -0.2) is 42.6 Å². The summed E-state index contributed by atoms with van der Waals surface area (Å²) in [6.07, 6.45) is 2.33. The monoisotopic (exact) mass is 266 g/mol. The van der Waals surface area contributed by atoms with E-state index in [1.165, 1.54) is 6.42 Å². The molecule has 0 bridgehead atoms. The van der Waals surface area contributed by atoms with Crippen LogP contribution in [0.5, 0.6) is 0 Å². The molecule has 0 aromatic carbocycles. The average Bonchev–Trinajstić information content (AvgIpc) is 2.88. The summed E-state index contributed by atoms with van der Waals surface area (Å²) in [5, 5.41) is 0. The third-order valence-electron chi connectivity index (χ3n) is 5.94. The van der Waals surface area contributed by atoms with Gasteiger partial charge in [0.15, 0.2) is 0 Å². The number of likely N-dealkylation sites (N-methyl/N-ethyl adjacent to an activating group) is 1. The highest BCUT2D eigenvalue weighted by Crippen LogP contribution is 2.58. The van der Waals surface area contributed by atoms with Crippen LogP contribution in [-0.2, 0) is 9.53 Å². The van der Waals surface area contributed by atoms with Crippen LogP contribution in [0.15, 0.2) is 0 Å². The zero-order chi connectivity index (χ0) is 14.0. The molecule has 4 nitrogen and oxygen atoms in total. The lowest BCUT2D eigenvalue weighted by molar-refractivity contribution is -0.183. The molecule has 3 fully saturated rings. The van der Waals surface area contributed by atoms with Crippen molar-refractivity contribution in [3.63, 3.8) is 0 Å². The van der Waals surface area contributed by atoms with E-state index in [1.54, 1.807) is 0 Å². The predicted molar refractivity (Wildman–Crippen MR) is 73.5 cm³/mol. The molecule has 4 heteroatoms. The molecule has 0 aromatic heterocycles. The lowest BCUT2D eigenvalue weighted by atomic mass is 9.47. The summed E-state index contributed by atoms with van der Waals surface area (Å²) in [5.41, 5.74) is 5.58. The van der Waals surface area contributed by atoms with Crippen molar-refractivity contribution in [2.45, 2.75) is 45.3 Å². The van der Waals surface area contributed by atoms with Gasteiger partial charge in [-0.05, 0) is 24.7 Å². The Bertz CT molecular complexity index is 409. The van der Waals surface area contributed by atoms with Gasteiger partial charge in [-0.15, -0.1) is 0 Å². The molecule has 1 saturated heterocycles. The third-order valence-corrected chi connectivity index (χ3v) is 5.94. The van der Waals surface area contributed by atoms with Crippen molar-refractivity contribution in [2.24, 2.45) is 28.9 Å². The van der Waals surface area contributed by atoms with E-state index < -0.39 is 5.54 Å². The Labute approximate surface area is 115 Å². The number of carbonyl (C=O) groups is 1. The first-order valence-electron chi connectivity index (χ1n) is 7.46. The first-order valence-corrected chi connectivity index (χ1v) is 7.46. The van der Waals surface area contributed by atoms with E-state index in [1.807, 2.05) is 11.9 Å². The molecule has 1 amide bonds. The van der Waals surface area contributed by atoms with Crippen molar-refractivity contribution in [3.05, 3.63) is 0 Å². The molecule has 3 aliphatic rings. The second-order valence-corrected chi connectivity index (χ2v) is 7.44. The molecular formula is C15H26N2O2. The molecule has 5 unspecified atom stereocenters. The Morgan fingerprint density at radius 3 is 2.68 bits per heavy atom. The molecule has 19 heavy (non-hydrogen) atoms. The van der Waals surface area contributed by atoms with E-state index in [0.29, 0.717) is 5.92 Å². The molecule has 0 aromatic rings. The van der Waals surface area contributed by atoms with Gasteiger partial charge < -0.3 is 15.4 Å². The summed E-state index contributed by atoms with van der Waals surface area (Å²) in [6.45, 7) is 7.99. The number of nitrogens with zero attached hydrogens (tertiary/aromatic N) is 1. The fourth-order valence-electron chi connectivity index (χ4n) is 4.22. The van der Waals surface area contributed by atoms with E-state index in [0.717, 1.165) is 25.5 Å². The van der Waals surface area contributed by atoms with E-state index in [9.17, 15) is 4.79 Å². The molecule has 0 spiro atoms. The summed E-state index contributed by atoms with van der Waals surface area (Å²) in [4.78, 5) is 14.7. The minimum absolute atomic E-state index is 0.114. The second-order valence-electron chi connectivity index (χ2n) is 7.44. The maximum atomic E-state index is 12.8. The summed E-state index contributed by atoms with van der Waals surface area (Å²) in [5.74, 6) is 1.76. The van der Waals surface area contributed by atoms with Gasteiger partial charge in [-0.25, -0.2) is 0 Å². The normalized spacial score (nSPS) is 46.4. The van der Waals surface area contributed by atoms with Crippen LogP contribution in [0.1, 0.15) is 33.6 Å². The first-order chi connectivity index (χ1) is 8.80. The zero-order valence-electron chi connectivity index (χ0n) is 12.5. The fourth-order valence-corrected chi connectivity index (χ4v) is 4.22. The SMILES string of the molecule is CC1CC1CN(C)C(=O)C1(N)C2CCOC2C1(C)C. The Morgan fingerprint density at radius 2 is 2.11 bits per heavy atom. The number of rotatable bonds is 3. The van der Waals surface area contributed by atoms with Crippen LogP contribution in [0.25, 0.3) is 0 Å². The minimum atomic E-state index is -0.735. The Balaban J connectivity index is 1.74. The van der Waals surface area contributed by atoms with Gasteiger partial charge in [-0.2, -0.15) is 0 Å². The highest BCUT2D eigenvalue weighted by atomic mass is 16.5. The molecule has 2 aliphatic carbocycles. The van der Waals surface area contributed by atoms with Gasteiger partial charge in [-0.3, -0.25) is 4.79 Å². The number of nitrogens with two attached hydrogens (primary N) is 1. The van der Waals surface area contributed by atoms with Gasteiger partial charge in [-0.1, -0.05) is 20.8 Å². The number of hydrogen-bond acceptors (Lipinski definition) is 3. The van der Waals surface area contributed by atoms with Gasteiger partial charge in [0.05, 0.1) is 6.10 Å². The summed E-state index contributed by atoms with van der Waals surface area (Å²) in [7, 11) is 1.90. The van der Waals surface area contributed by atoms with Crippen molar-refractivity contribution in [3.8, 4) is 0 Å². The van der Waals surface area contributed by atoms with Crippen molar-refractivity contribution in [1.29, 1.82) is 0 Å². The van der Waals surface area contributed by atoms with E-state index in [2.05, 4.69) is 20.8 Å². The van der Waals surface area contributed by atoms with Crippen LogP contribution in [0.3, 0.4) is 0 Å². The number of ether oxygens (including phenoxy) is 1. The highest BCUT2D eigenvalue weighted by Gasteiger charge is 2.71. The van der Waals surface area contributed by atoms with Crippen molar-refractivity contribution >= 4 is 5.91 Å². The lowest BCUT2D eigenvalue weighted by Gasteiger charge is -2.61. The van der Waals surface area contributed by atoms with Crippen LogP contribution < -0.4 is 5.73 Å². The van der Waals surface area contributed by atoms with Gasteiger partial charge >= 0.3 is 0 Å². The molecule has 108 valence electrons. The summed E-state index contributed by atoms with van der Waals surface area (Å²) in [6, 6.07) is 0. The van der Waals surface area contributed by atoms with Crippen molar-refractivity contribution in [1.82, 2.24) is 4.90 Å². The van der Waals surface area contributed by atoms with Crippen LogP contribution >= 0.6 is 0 Å². The van der Waals surface area contributed by atoms with Gasteiger partial charge in [0.25, 0.3) is 0 Å². The average molecular weight is 266 g/mol. The Morgan fingerprint density at radius 1 is 1.47 bits per heavy atom. The number of fused-ring (bicyclic) bond motifs is 1. The number of carbonyl (C=O) groups excluding carboxylic acids is 1. The molecule has 1 aliphatic heterocycles. The summed E-state index contributed by atoms with van der Waals surface area (Å²) < 4.78 is 5.75. The van der Waals surface area contributed by atoms with Crippen LogP contribution in [0.4, 0.5) is 0 Å². The predicted octanol–water partition coefficient (Wildman–Crippen LogP) is 1.24. The largest absolute Gasteiger partial charge is 0.377 e. The number of hydrogen-bond donors (Lipinski definition) is 1. The van der Waals surface area contributed by atoms with Crippen LogP contribution in [0.2, 0.25) is 0 Å². The molecule has 1 heterocycles. The van der Waals surface area contributed by atoms with Gasteiger partial charge in [0.1, 0.15) is 5.54 Å². The van der Waals surface area contributed by atoms with E-state index >= 15 is 0 Å². The molecule has 3 rings (SSSR count). The highest BCUT2D eigenvalue weighted by molar-refractivity contribution is 5.89. The van der Waals surface area contributed by atoms with Crippen molar-refractivity contribution < 1.29 is 9.53 Å². The zero-order valence-corrected chi connectivity index (χ0v) is 12.5. The molecule has 5 atom stereocenters. The standard InChI is InChI=1S/C15H26N2O2/c1-9-7-10(9)8-17(4)13(18)15(16)11-5-6-19-12(11)14(15,2)3/h9-12H,5-8,16H2,1-4H3. The minimum Gasteiger partial charge on any atom is -0.377 e. The second kappa shape index (κ2) is 3.95. The van der Waals surface area contributed by atoms with Crippen molar-refractivity contribution in [2.75, 3.05) is 20.2 Å². The maximum absolute atomic E-state index is 12.8. The molecular weight excluding hydrogens is 240 g/mol. The van der Waals surface area contributed by atoms with E-state index in [4.69, 9.17) is 10.5 Å². The quantitative estimate of drug-likeness (QED) is 0.836.